The molecule has 3 aromatic rings. The van der Waals surface area contributed by atoms with Crippen molar-refractivity contribution in [1.82, 2.24) is 9.38 Å². The summed E-state index contributed by atoms with van der Waals surface area (Å²) in [6, 6.07) is 7.48. The molecule has 3 aromatic heterocycles. The molecule has 0 bridgehead atoms. The van der Waals surface area contributed by atoms with Gasteiger partial charge in [0.25, 0.3) is 0 Å². The minimum Gasteiger partial charge on any atom is -0.459 e. The third-order valence-corrected chi connectivity index (χ3v) is 4.29. The third-order valence-electron chi connectivity index (χ3n) is 3.38. The normalized spacial score (nSPS) is 10.8. The molecule has 6 heteroatoms. The van der Waals surface area contributed by atoms with Crippen LogP contribution in [-0.4, -0.2) is 21.1 Å². The van der Waals surface area contributed by atoms with Crippen LogP contribution in [0.3, 0.4) is 0 Å². The minimum absolute atomic E-state index is 0.0276. The number of nitrogens with zero attached hydrogens (tertiary/aromatic N) is 2. The van der Waals surface area contributed by atoms with E-state index >= 15 is 0 Å². The van der Waals surface area contributed by atoms with Gasteiger partial charge in [-0.15, -0.1) is 11.3 Å². The summed E-state index contributed by atoms with van der Waals surface area (Å²) in [5, 5.41) is 1.84. The Labute approximate surface area is 137 Å². The number of esters is 1. The van der Waals surface area contributed by atoms with Crippen molar-refractivity contribution < 1.29 is 14.3 Å². The van der Waals surface area contributed by atoms with Crippen LogP contribution in [-0.2, 0) is 16.1 Å². The molecule has 0 aliphatic carbocycles. The molecular weight excluding hydrogens is 312 g/mol. The lowest BCUT2D eigenvalue weighted by Gasteiger charge is -2.01. The van der Waals surface area contributed by atoms with Gasteiger partial charge in [0, 0.05) is 18.8 Å². The number of carbonyl (C=O) groups excluding carboxylic acids is 2. The number of rotatable bonds is 6. The highest BCUT2D eigenvalue weighted by Crippen LogP contribution is 2.13. The maximum absolute atomic E-state index is 11.8. The van der Waals surface area contributed by atoms with Gasteiger partial charge in [-0.05, 0) is 30.0 Å². The Kier molecular flexibility index (Phi) is 4.52. The fourth-order valence-electron chi connectivity index (χ4n) is 2.23. The second-order valence-corrected chi connectivity index (χ2v) is 6.21. The Morgan fingerprint density at radius 1 is 1.22 bits per heavy atom. The molecule has 0 unspecified atom stereocenters. The van der Waals surface area contributed by atoms with E-state index in [4.69, 9.17) is 4.74 Å². The molecule has 0 radical (unpaired) electrons. The molecule has 0 saturated carbocycles. The van der Waals surface area contributed by atoms with Crippen LogP contribution in [0.1, 0.15) is 33.8 Å². The molecule has 0 aromatic carbocycles. The molecule has 3 heterocycles. The number of aryl methyl sites for hydroxylation is 1. The number of imidazole rings is 1. The number of ketones is 1. The van der Waals surface area contributed by atoms with Crippen LogP contribution < -0.4 is 0 Å². The van der Waals surface area contributed by atoms with Crippen LogP contribution in [0.5, 0.6) is 0 Å². The first-order chi connectivity index (χ1) is 11.1. The second kappa shape index (κ2) is 6.75. The van der Waals surface area contributed by atoms with E-state index in [0.29, 0.717) is 10.6 Å². The second-order valence-electron chi connectivity index (χ2n) is 5.27. The molecule has 5 nitrogen and oxygen atoms in total. The van der Waals surface area contributed by atoms with Crippen molar-refractivity contribution in [2.45, 2.75) is 26.4 Å². The molecule has 0 aliphatic heterocycles. The molecule has 3 rings (SSSR count). The number of fused-ring (bicyclic) bond motifs is 1. The van der Waals surface area contributed by atoms with Gasteiger partial charge in [0.2, 0.25) is 0 Å². The molecular formula is C17H16N2O3S. The van der Waals surface area contributed by atoms with Crippen LogP contribution >= 0.6 is 11.3 Å². The summed E-state index contributed by atoms with van der Waals surface area (Å²) >= 11 is 1.38. The third kappa shape index (κ3) is 3.84. The Bertz CT molecular complexity index is 837. The van der Waals surface area contributed by atoms with Crippen LogP contribution in [0.4, 0.5) is 0 Å². The average Bonchev–Trinajstić information content (AvgIpc) is 3.19. The maximum Gasteiger partial charge on any atom is 0.306 e. The van der Waals surface area contributed by atoms with Gasteiger partial charge in [-0.3, -0.25) is 9.59 Å². The lowest BCUT2D eigenvalue weighted by Crippen LogP contribution is -2.07. The molecule has 0 spiro atoms. The minimum atomic E-state index is -0.386. The quantitative estimate of drug-likeness (QED) is 0.514. The van der Waals surface area contributed by atoms with E-state index in [1.807, 2.05) is 47.3 Å². The van der Waals surface area contributed by atoms with Crippen molar-refractivity contribution >= 4 is 28.7 Å². The standard InChI is InChI=1S/C17H16N2O3S/c1-12-4-6-16-18-13(10-19(16)9-12)11-22-17(21)7-5-14(20)15-3-2-8-23-15/h2-4,6,8-10H,5,7,11H2,1H3. The van der Waals surface area contributed by atoms with Crippen molar-refractivity contribution in [3.05, 3.63) is 58.2 Å². The zero-order valence-corrected chi connectivity index (χ0v) is 13.5. The van der Waals surface area contributed by atoms with Gasteiger partial charge >= 0.3 is 5.97 Å². The first-order valence-corrected chi connectivity index (χ1v) is 8.16. The van der Waals surface area contributed by atoms with Gasteiger partial charge in [0.15, 0.2) is 5.78 Å². The van der Waals surface area contributed by atoms with Gasteiger partial charge in [0.05, 0.1) is 17.0 Å². The average molecular weight is 328 g/mol. The smallest absolute Gasteiger partial charge is 0.306 e. The number of hydrogen-bond donors (Lipinski definition) is 0. The summed E-state index contributed by atoms with van der Waals surface area (Å²) in [6.45, 7) is 2.12. The van der Waals surface area contributed by atoms with Crippen LogP contribution in [0, 0.1) is 6.92 Å². The van der Waals surface area contributed by atoms with E-state index in [9.17, 15) is 9.59 Å². The van der Waals surface area contributed by atoms with Gasteiger partial charge in [-0.25, -0.2) is 4.98 Å². The van der Waals surface area contributed by atoms with E-state index in [2.05, 4.69) is 4.98 Å². The highest BCUT2D eigenvalue weighted by Gasteiger charge is 2.12. The predicted molar refractivity (Wildman–Crippen MR) is 87.6 cm³/mol. The fourth-order valence-corrected chi connectivity index (χ4v) is 2.92. The number of ether oxygens (including phenoxy) is 1. The Balaban J connectivity index is 1.51. The largest absolute Gasteiger partial charge is 0.459 e. The van der Waals surface area contributed by atoms with Crippen LogP contribution in [0.25, 0.3) is 5.65 Å². The first kappa shape index (κ1) is 15.4. The predicted octanol–water partition coefficient (Wildman–Crippen LogP) is 3.41. The van der Waals surface area contributed by atoms with Crippen molar-refractivity contribution in [3.8, 4) is 0 Å². The number of Topliss-reactive ketones (excluding diaryl/α,β-unsaturated/α-hetero) is 1. The Hall–Kier alpha value is -2.47. The summed E-state index contributed by atoms with van der Waals surface area (Å²) in [7, 11) is 0. The van der Waals surface area contributed by atoms with E-state index in [0.717, 1.165) is 11.2 Å². The van der Waals surface area contributed by atoms with Gasteiger partial charge in [-0.2, -0.15) is 0 Å². The Morgan fingerprint density at radius 2 is 2.09 bits per heavy atom. The van der Waals surface area contributed by atoms with Gasteiger partial charge < -0.3 is 9.14 Å². The van der Waals surface area contributed by atoms with Crippen molar-refractivity contribution in [2.24, 2.45) is 0 Å². The Morgan fingerprint density at radius 3 is 2.87 bits per heavy atom. The van der Waals surface area contributed by atoms with E-state index in [1.165, 1.54) is 11.3 Å². The summed E-state index contributed by atoms with van der Waals surface area (Å²) in [5.41, 5.74) is 2.63. The van der Waals surface area contributed by atoms with E-state index in [1.54, 1.807) is 6.07 Å². The molecule has 0 saturated heterocycles. The number of hydrogen-bond acceptors (Lipinski definition) is 5. The molecule has 118 valence electrons. The summed E-state index contributed by atoms with van der Waals surface area (Å²) < 4.78 is 7.09. The number of thiophene rings is 1. The van der Waals surface area contributed by atoms with Crippen molar-refractivity contribution in [3.63, 3.8) is 0 Å². The molecule has 0 N–H and O–H groups in total. The lowest BCUT2D eigenvalue weighted by atomic mass is 10.2. The summed E-state index contributed by atoms with van der Waals surface area (Å²) in [6.07, 6.45) is 4.06. The fraction of sp³-hybridized carbons (Fsp3) is 0.235. The highest BCUT2D eigenvalue weighted by molar-refractivity contribution is 7.12. The SMILES string of the molecule is Cc1ccc2nc(COC(=O)CCC(=O)c3cccs3)cn2c1. The van der Waals surface area contributed by atoms with Gasteiger partial charge in [-0.1, -0.05) is 12.1 Å². The molecule has 0 atom stereocenters. The molecule has 0 aliphatic rings. The molecule has 23 heavy (non-hydrogen) atoms. The van der Waals surface area contributed by atoms with Crippen molar-refractivity contribution in [1.29, 1.82) is 0 Å². The summed E-state index contributed by atoms with van der Waals surface area (Å²) in [5.74, 6) is -0.414. The van der Waals surface area contributed by atoms with E-state index in [-0.39, 0.29) is 31.2 Å². The number of aromatic nitrogens is 2. The maximum atomic E-state index is 11.8. The molecule has 0 fully saturated rings. The monoisotopic (exact) mass is 328 g/mol. The zero-order valence-electron chi connectivity index (χ0n) is 12.7. The number of pyridine rings is 1. The highest BCUT2D eigenvalue weighted by atomic mass is 32.1. The van der Waals surface area contributed by atoms with E-state index < -0.39 is 0 Å². The number of carbonyl (C=O) groups is 2. The molecule has 0 amide bonds. The summed E-state index contributed by atoms with van der Waals surface area (Å²) in [4.78, 5) is 28.6. The van der Waals surface area contributed by atoms with Crippen LogP contribution in [0.15, 0.2) is 42.0 Å². The van der Waals surface area contributed by atoms with Crippen molar-refractivity contribution in [2.75, 3.05) is 0 Å². The topological polar surface area (TPSA) is 60.7 Å². The first-order valence-electron chi connectivity index (χ1n) is 7.28. The van der Waals surface area contributed by atoms with Gasteiger partial charge in [0.1, 0.15) is 12.3 Å². The zero-order chi connectivity index (χ0) is 16.2. The van der Waals surface area contributed by atoms with Crippen LogP contribution in [0.2, 0.25) is 0 Å². The lowest BCUT2D eigenvalue weighted by molar-refractivity contribution is -0.145.